The van der Waals surface area contributed by atoms with Crippen LogP contribution in [0.15, 0.2) is 48.6 Å². The van der Waals surface area contributed by atoms with E-state index < -0.39 is 44.7 Å². The third-order valence-electron chi connectivity index (χ3n) is 9.49. The van der Waals surface area contributed by atoms with E-state index in [2.05, 4.69) is 55.7 Å². The Kier molecular flexibility index (Phi) is 37.0. The molecule has 0 heterocycles. The summed E-state index contributed by atoms with van der Waals surface area (Å²) in [5.74, 6) is -0.338. The summed E-state index contributed by atoms with van der Waals surface area (Å²) in [6, 6.07) is 0. The Balaban J connectivity index is 4.10. The molecule has 0 amide bonds. The minimum absolute atomic E-state index is 0.104. The van der Waals surface area contributed by atoms with Crippen LogP contribution < -0.4 is 0 Å². The Hall–Kier alpha value is -2.07. The van der Waals surface area contributed by atoms with Crippen molar-refractivity contribution in [2.24, 2.45) is 5.92 Å². The highest BCUT2D eigenvalue weighted by molar-refractivity contribution is 7.46. The summed E-state index contributed by atoms with van der Waals surface area (Å²) >= 11 is 0. The van der Waals surface area contributed by atoms with Crippen LogP contribution >= 0.6 is 7.82 Å². The molecule has 4 N–H and O–H groups in total. The van der Waals surface area contributed by atoms with Gasteiger partial charge >= 0.3 is 19.8 Å². The summed E-state index contributed by atoms with van der Waals surface area (Å²) in [7, 11) is -4.84. The molecule has 0 aromatic carbocycles. The minimum atomic E-state index is -4.84. The summed E-state index contributed by atoms with van der Waals surface area (Å²) < 4.78 is 26.3. The van der Waals surface area contributed by atoms with E-state index in [-0.39, 0.29) is 38.7 Å². The molecule has 11 heteroatoms. The minimum Gasteiger partial charge on any atom is -0.462 e. The number of rotatable bonds is 39. The Morgan fingerprint density at radius 1 is 0.554 bits per heavy atom. The second kappa shape index (κ2) is 38.4. The molecule has 0 aliphatic heterocycles. The van der Waals surface area contributed by atoms with E-state index in [0.29, 0.717) is 6.42 Å². The number of ether oxygens (including phenoxy) is 2. The smallest absolute Gasteiger partial charge is 0.462 e. The van der Waals surface area contributed by atoms with E-state index in [1.807, 2.05) is 18.2 Å². The van der Waals surface area contributed by atoms with Gasteiger partial charge < -0.3 is 29.5 Å². The molecule has 0 aromatic heterocycles. The molecule has 0 saturated heterocycles. The van der Waals surface area contributed by atoms with Crippen LogP contribution in [0.1, 0.15) is 188 Å². The predicted octanol–water partition coefficient (Wildman–Crippen LogP) is 11.3. The summed E-state index contributed by atoms with van der Waals surface area (Å²) in [5, 5.41) is 20.6. The van der Waals surface area contributed by atoms with Crippen molar-refractivity contribution < 1.29 is 48.2 Å². The maximum atomic E-state index is 12.5. The number of carbonyl (C=O) groups excluding carboxylic acids is 2. The molecular formula is C45H81O10P. The third kappa shape index (κ3) is 40.1. The van der Waals surface area contributed by atoms with Gasteiger partial charge in [-0.1, -0.05) is 172 Å². The van der Waals surface area contributed by atoms with Gasteiger partial charge in [-0.2, -0.15) is 0 Å². The summed E-state index contributed by atoms with van der Waals surface area (Å²) in [6.45, 7) is 5.68. The van der Waals surface area contributed by atoms with Crippen molar-refractivity contribution in [2.75, 3.05) is 13.2 Å². The number of hydrogen-bond acceptors (Lipinski definition) is 8. The van der Waals surface area contributed by atoms with E-state index in [9.17, 15) is 24.4 Å². The largest absolute Gasteiger partial charge is 0.469 e. The third-order valence-corrected chi connectivity index (χ3v) is 9.98. The van der Waals surface area contributed by atoms with Gasteiger partial charge in [-0.3, -0.25) is 14.1 Å². The van der Waals surface area contributed by atoms with Crippen molar-refractivity contribution in [3.05, 3.63) is 48.6 Å². The second-order valence-electron chi connectivity index (χ2n) is 15.4. The number of aliphatic hydroxyl groups is 2. The van der Waals surface area contributed by atoms with Gasteiger partial charge in [0.25, 0.3) is 0 Å². The fourth-order valence-electron chi connectivity index (χ4n) is 6.12. The van der Waals surface area contributed by atoms with E-state index >= 15 is 0 Å². The average Bonchev–Trinajstić information content (AvgIpc) is 3.15. The highest BCUT2D eigenvalue weighted by atomic mass is 31.2. The fraction of sp³-hybridized carbons (Fsp3) is 0.778. The Bertz CT molecular complexity index is 1100. The average molecular weight is 813 g/mol. The molecule has 0 rings (SSSR count). The summed E-state index contributed by atoms with van der Waals surface area (Å²) in [5.41, 5.74) is 0. The van der Waals surface area contributed by atoms with Crippen LogP contribution in [0.3, 0.4) is 0 Å². The molecule has 10 nitrogen and oxygen atoms in total. The Labute approximate surface area is 340 Å². The van der Waals surface area contributed by atoms with Gasteiger partial charge in [0.05, 0.1) is 18.8 Å². The molecule has 0 aromatic rings. The predicted molar refractivity (Wildman–Crippen MR) is 228 cm³/mol. The number of phosphoric acid groups is 1. The molecule has 0 radical (unpaired) electrons. The van der Waals surface area contributed by atoms with Gasteiger partial charge in [0.2, 0.25) is 0 Å². The van der Waals surface area contributed by atoms with Crippen LogP contribution in [0.2, 0.25) is 0 Å². The van der Waals surface area contributed by atoms with Gasteiger partial charge in [-0.05, 0) is 57.3 Å². The highest BCUT2D eigenvalue weighted by Crippen LogP contribution is 2.36. The van der Waals surface area contributed by atoms with Crippen LogP contribution in [0.4, 0.5) is 0 Å². The molecule has 0 spiro atoms. The van der Waals surface area contributed by atoms with Gasteiger partial charge in [0.1, 0.15) is 6.61 Å². The first kappa shape index (κ1) is 53.9. The Morgan fingerprint density at radius 2 is 1.00 bits per heavy atom. The molecule has 0 aliphatic rings. The van der Waals surface area contributed by atoms with Crippen molar-refractivity contribution in [1.29, 1.82) is 0 Å². The lowest BCUT2D eigenvalue weighted by atomic mass is 10.0. The molecular weight excluding hydrogens is 731 g/mol. The van der Waals surface area contributed by atoms with Crippen LogP contribution in [0, 0.1) is 5.92 Å². The first-order valence-corrected chi connectivity index (χ1v) is 23.5. The fourth-order valence-corrected chi connectivity index (χ4v) is 6.48. The SMILES string of the molecule is CC/C=C\C/C=C\C/C=C\C/C=C\C[C@@H](O)[C@H](O)CCCC(=O)O[C@H](COC(=O)CCCCCCCCCCCCCCCCCCC(C)C)COP(=O)(O)O. The first-order valence-electron chi connectivity index (χ1n) is 22.0. The van der Waals surface area contributed by atoms with Gasteiger partial charge in [-0.15, -0.1) is 0 Å². The van der Waals surface area contributed by atoms with Crippen molar-refractivity contribution in [2.45, 2.75) is 206 Å². The number of esters is 2. The van der Waals surface area contributed by atoms with E-state index in [4.69, 9.17) is 19.3 Å². The standard InChI is InChI=1S/C45H81O10P/c1-4-5-6-7-8-9-10-18-21-24-27-30-34-42(46)43(47)35-32-37-45(49)55-41(39-54-56(50,51)52)38-53-44(48)36-31-28-25-22-19-16-14-12-11-13-15-17-20-23-26-29-33-40(2)3/h5-6,8-9,18,21,27,30,40-43,46-47H,4,7,10-17,19-20,22-26,28-29,31-39H2,1-3H3,(H2,50,51,52)/b6-5-,9-8-,21-18-,30-27-/t41-,42-,43-/m1/s1. The van der Waals surface area contributed by atoms with E-state index in [1.165, 1.54) is 83.5 Å². The molecule has 3 atom stereocenters. The number of allylic oxidation sites excluding steroid dienone is 7. The zero-order valence-corrected chi connectivity index (χ0v) is 36.3. The van der Waals surface area contributed by atoms with Crippen molar-refractivity contribution in [1.82, 2.24) is 0 Å². The molecule has 326 valence electrons. The lowest BCUT2D eigenvalue weighted by Gasteiger charge is -2.19. The van der Waals surface area contributed by atoms with Crippen molar-refractivity contribution in [3.63, 3.8) is 0 Å². The Morgan fingerprint density at radius 3 is 1.48 bits per heavy atom. The molecule has 0 saturated carbocycles. The van der Waals surface area contributed by atoms with Crippen LogP contribution in [-0.4, -0.2) is 63.5 Å². The van der Waals surface area contributed by atoms with E-state index in [0.717, 1.165) is 50.9 Å². The number of carbonyl (C=O) groups is 2. The summed E-state index contributed by atoms with van der Waals surface area (Å²) in [6.07, 6.45) is 38.7. The zero-order chi connectivity index (χ0) is 41.5. The van der Waals surface area contributed by atoms with Crippen molar-refractivity contribution >= 4 is 19.8 Å². The maximum Gasteiger partial charge on any atom is 0.469 e. The zero-order valence-electron chi connectivity index (χ0n) is 35.4. The van der Waals surface area contributed by atoms with Crippen LogP contribution in [-0.2, 0) is 28.2 Å². The van der Waals surface area contributed by atoms with Crippen LogP contribution in [0.25, 0.3) is 0 Å². The van der Waals surface area contributed by atoms with E-state index in [1.54, 1.807) is 0 Å². The second-order valence-corrected chi connectivity index (χ2v) is 16.7. The van der Waals surface area contributed by atoms with Gasteiger partial charge in [0, 0.05) is 12.8 Å². The number of hydrogen-bond donors (Lipinski definition) is 4. The van der Waals surface area contributed by atoms with Gasteiger partial charge in [-0.25, -0.2) is 4.57 Å². The van der Waals surface area contributed by atoms with Crippen molar-refractivity contribution in [3.8, 4) is 0 Å². The molecule has 0 bridgehead atoms. The molecule has 0 unspecified atom stereocenters. The van der Waals surface area contributed by atoms with Gasteiger partial charge in [0.15, 0.2) is 6.10 Å². The van der Waals surface area contributed by atoms with Crippen LogP contribution in [0.5, 0.6) is 0 Å². The quantitative estimate of drug-likeness (QED) is 0.0204. The molecule has 0 aliphatic carbocycles. The summed E-state index contributed by atoms with van der Waals surface area (Å²) in [4.78, 5) is 43.0. The first-order chi connectivity index (χ1) is 26.9. The monoisotopic (exact) mass is 813 g/mol. The topological polar surface area (TPSA) is 160 Å². The number of aliphatic hydroxyl groups excluding tert-OH is 2. The highest BCUT2D eigenvalue weighted by Gasteiger charge is 2.23. The maximum absolute atomic E-state index is 12.5. The lowest BCUT2D eigenvalue weighted by molar-refractivity contribution is -0.161. The lowest BCUT2D eigenvalue weighted by Crippen LogP contribution is -2.30. The molecule has 0 fully saturated rings. The number of unbranched alkanes of at least 4 members (excludes halogenated alkanes) is 15. The number of phosphoric ester groups is 1. The molecule has 56 heavy (non-hydrogen) atoms. The normalized spacial score (nSPS) is 14.1.